The molecular weight excluding hydrogens is 558 g/mol. The molecule has 0 radical (unpaired) electrons. The van der Waals surface area contributed by atoms with Crippen LogP contribution in [0, 0.1) is 5.92 Å². The monoisotopic (exact) mass is 595 g/mol. The van der Waals surface area contributed by atoms with Gasteiger partial charge in [0, 0.05) is 36.3 Å². The molecule has 228 valence electrons. The van der Waals surface area contributed by atoms with Crippen LogP contribution in [-0.4, -0.2) is 71.8 Å². The van der Waals surface area contributed by atoms with Crippen LogP contribution in [0.4, 0.5) is 26.7 Å². The van der Waals surface area contributed by atoms with Crippen molar-refractivity contribution in [3.8, 4) is 5.75 Å². The van der Waals surface area contributed by atoms with Gasteiger partial charge in [0.05, 0.1) is 30.4 Å². The number of rotatable bonds is 7. The number of carbonyl (C=O) groups is 3. The Morgan fingerprint density at radius 2 is 1.66 bits per heavy atom. The van der Waals surface area contributed by atoms with Crippen molar-refractivity contribution < 1.29 is 24.2 Å². The maximum atomic E-state index is 13.7. The van der Waals surface area contributed by atoms with E-state index in [9.17, 15) is 19.5 Å². The number of amides is 5. The summed E-state index contributed by atoms with van der Waals surface area (Å²) in [4.78, 5) is 42.9. The highest BCUT2D eigenvalue weighted by atomic mass is 16.5. The standard InChI is InChI=1S/C34H37N5O5/c1-22-19-39(23(2)21-40)32(41)28-18-26(36-33(42)35-25-12-5-4-6-13-25)16-17-30(28)44-31(22)20-38(3)34(43)37-29-15-9-11-24-10-7-8-14-27(24)29/h4-18,22-23,31,40H,19-21H2,1-3H3,(H,37,43)(H2,35,36,42)/t22-,23-,31-/m1/s1. The molecule has 0 aliphatic carbocycles. The second kappa shape index (κ2) is 13.5. The maximum Gasteiger partial charge on any atom is 0.323 e. The van der Waals surface area contributed by atoms with Gasteiger partial charge in [0.1, 0.15) is 11.9 Å². The van der Waals surface area contributed by atoms with Crippen molar-refractivity contribution in [2.24, 2.45) is 5.92 Å². The molecule has 0 aromatic heterocycles. The third kappa shape index (κ3) is 6.92. The molecule has 0 fully saturated rings. The van der Waals surface area contributed by atoms with Crippen molar-refractivity contribution in [2.75, 3.05) is 42.7 Å². The highest BCUT2D eigenvalue weighted by molar-refractivity contribution is 6.03. The minimum absolute atomic E-state index is 0.177. The summed E-state index contributed by atoms with van der Waals surface area (Å²) in [5, 5.41) is 20.5. The number of hydrogen-bond donors (Lipinski definition) is 4. The lowest BCUT2D eigenvalue weighted by molar-refractivity contribution is 0.0371. The molecule has 10 nitrogen and oxygen atoms in total. The van der Waals surface area contributed by atoms with Gasteiger partial charge < -0.3 is 35.6 Å². The number of carbonyl (C=O) groups excluding carboxylic acids is 3. The van der Waals surface area contributed by atoms with Crippen molar-refractivity contribution >= 4 is 45.8 Å². The van der Waals surface area contributed by atoms with Crippen LogP contribution in [0.15, 0.2) is 91.0 Å². The Bertz CT molecular complexity index is 1640. The Morgan fingerprint density at radius 3 is 2.43 bits per heavy atom. The molecule has 4 aromatic carbocycles. The molecule has 5 amide bonds. The first-order chi connectivity index (χ1) is 21.2. The van der Waals surface area contributed by atoms with Crippen molar-refractivity contribution in [3.05, 3.63) is 96.6 Å². The van der Waals surface area contributed by atoms with E-state index in [2.05, 4.69) is 16.0 Å². The molecule has 1 heterocycles. The second-order valence-corrected chi connectivity index (χ2v) is 11.1. The first-order valence-electron chi connectivity index (χ1n) is 14.6. The van der Waals surface area contributed by atoms with Crippen molar-refractivity contribution in [1.29, 1.82) is 0 Å². The zero-order valence-corrected chi connectivity index (χ0v) is 25.0. The fraction of sp³-hybridized carbons (Fsp3) is 0.265. The molecule has 0 saturated heterocycles. The third-order valence-corrected chi connectivity index (χ3v) is 7.79. The summed E-state index contributed by atoms with van der Waals surface area (Å²) in [6.45, 7) is 4.06. The van der Waals surface area contributed by atoms with Crippen LogP contribution in [0.2, 0.25) is 0 Å². The van der Waals surface area contributed by atoms with E-state index in [-0.39, 0.29) is 36.6 Å². The summed E-state index contributed by atoms with van der Waals surface area (Å²) in [5.41, 5.74) is 2.00. The van der Waals surface area contributed by atoms with E-state index in [0.29, 0.717) is 29.4 Å². The number of nitrogens with zero attached hydrogens (tertiary/aromatic N) is 2. The van der Waals surface area contributed by atoms with Crippen molar-refractivity contribution in [1.82, 2.24) is 9.80 Å². The zero-order valence-electron chi connectivity index (χ0n) is 25.0. The number of fused-ring (bicyclic) bond motifs is 2. The fourth-order valence-electron chi connectivity index (χ4n) is 5.23. The predicted molar refractivity (Wildman–Crippen MR) is 172 cm³/mol. The zero-order chi connectivity index (χ0) is 31.2. The van der Waals surface area contributed by atoms with Gasteiger partial charge in [0.25, 0.3) is 5.91 Å². The normalized spacial score (nSPS) is 17.0. The minimum atomic E-state index is -0.473. The predicted octanol–water partition coefficient (Wildman–Crippen LogP) is 5.87. The summed E-state index contributed by atoms with van der Waals surface area (Å²) in [6.07, 6.45) is -0.473. The summed E-state index contributed by atoms with van der Waals surface area (Å²) < 4.78 is 6.42. The van der Waals surface area contributed by atoms with E-state index in [1.165, 1.54) is 0 Å². The Morgan fingerprint density at radius 1 is 0.955 bits per heavy atom. The smallest absolute Gasteiger partial charge is 0.323 e. The Hall–Kier alpha value is -5.09. The molecule has 1 aliphatic rings. The van der Waals surface area contributed by atoms with Crippen LogP contribution in [0.3, 0.4) is 0 Å². The molecule has 5 rings (SSSR count). The number of aliphatic hydroxyl groups is 1. The molecule has 4 aromatic rings. The van der Waals surface area contributed by atoms with Crippen molar-refractivity contribution in [2.45, 2.75) is 26.0 Å². The van der Waals surface area contributed by atoms with E-state index in [4.69, 9.17) is 4.74 Å². The summed E-state index contributed by atoms with van der Waals surface area (Å²) in [5.74, 6) is -0.164. The van der Waals surface area contributed by atoms with Gasteiger partial charge in [-0.2, -0.15) is 0 Å². The van der Waals surface area contributed by atoms with Gasteiger partial charge in [0.15, 0.2) is 0 Å². The third-order valence-electron chi connectivity index (χ3n) is 7.79. The van der Waals surface area contributed by atoms with Crippen LogP contribution < -0.4 is 20.7 Å². The van der Waals surface area contributed by atoms with Gasteiger partial charge in [0.2, 0.25) is 0 Å². The molecular formula is C34H37N5O5. The average molecular weight is 596 g/mol. The molecule has 4 N–H and O–H groups in total. The molecule has 0 spiro atoms. The number of anilines is 3. The molecule has 0 bridgehead atoms. The minimum Gasteiger partial charge on any atom is -0.487 e. The number of urea groups is 2. The lowest BCUT2D eigenvalue weighted by Crippen LogP contribution is -2.50. The molecule has 3 atom stereocenters. The SMILES string of the molecule is C[C@@H]1CN([C@H](C)CO)C(=O)c2cc(NC(=O)Nc3ccccc3)ccc2O[C@@H]1CN(C)C(=O)Nc1cccc2ccccc12. The lowest BCUT2D eigenvalue weighted by Gasteiger charge is -2.38. The van der Waals surface area contributed by atoms with Gasteiger partial charge >= 0.3 is 12.1 Å². The molecule has 0 unspecified atom stereocenters. The van der Waals surface area contributed by atoms with Gasteiger partial charge in [-0.1, -0.05) is 61.5 Å². The summed E-state index contributed by atoms with van der Waals surface area (Å²) in [6, 6.07) is 26.3. The molecule has 10 heteroatoms. The quantitative estimate of drug-likeness (QED) is 0.213. The average Bonchev–Trinajstić information content (AvgIpc) is 3.03. The van der Waals surface area contributed by atoms with E-state index < -0.39 is 18.2 Å². The lowest BCUT2D eigenvalue weighted by atomic mass is 9.99. The number of aliphatic hydroxyl groups excluding tert-OH is 1. The Balaban J connectivity index is 1.36. The van der Waals surface area contributed by atoms with Crippen LogP contribution in [0.1, 0.15) is 24.2 Å². The van der Waals surface area contributed by atoms with Gasteiger partial charge in [-0.25, -0.2) is 9.59 Å². The van der Waals surface area contributed by atoms with Crippen LogP contribution in [-0.2, 0) is 0 Å². The van der Waals surface area contributed by atoms with E-state index in [1.807, 2.05) is 67.6 Å². The number of hydrogen-bond acceptors (Lipinski definition) is 5. The van der Waals surface area contributed by atoms with Crippen molar-refractivity contribution in [3.63, 3.8) is 0 Å². The highest BCUT2D eigenvalue weighted by Crippen LogP contribution is 2.31. The van der Waals surface area contributed by atoms with E-state index in [1.54, 1.807) is 54.1 Å². The van der Waals surface area contributed by atoms with Crippen LogP contribution in [0.25, 0.3) is 10.8 Å². The maximum absolute atomic E-state index is 13.7. The van der Waals surface area contributed by atoms with Gasteiger partial charge in [-0.15, -0.1) is 0 Å². The second-order valence-electron chi connectivity index (χ2n) is 11.1. The highest BCUT2D eigenvalue weighted by Gasteiger charge is 2.34. The molecule has 0 saturated carbocycles. The first-order valence-corrected chi connectivity index (χ1v) is 14.6. The van der Waals surface area contributed by atoms with E-state index in [0.717, 1.165) is 10.8 Å². The first kappa shape index (κ1) is 30.4. The van der Waals surface area contributed by atoms with E-state index >= 15 is 0 Å². The van der Waals surface area contributed by atoms with Crippen LogP contribution >= 0.6 is 0 Å². The Labute approximate surface area is 256 Å². The number of ether oxygens (including phenoxy) is 1. The number of para-hydroxylation sites is 1. The Kier molecular flexibility index (Phi) is 9.30. The molecule has 1 aliphatic heterocycles. The summed E-state index contributed by atoms with van der Waals surface area (Å²) in [7, 11) is 1.70. The number of nitrogens with one attached hydrogen (secondary N) is 3. The number of likely N-dealkylation sites (N-methyl/N-ethyl adjacent to an activating group) is 1. The molecule has 44 heavy (non-hydrogen) atoms. The van der Waals surface area contributed by atoms with Crippen LogP contribution in [0.5, 0.6) is 5.75 Å². The van der Waals surface area contributed by atoms with Gasteiger partial charge in [-0.3, -0.25) is 4.79 Å². The van der Waals surface area contributed by atoms with Gasteiger partial charge in [-0.05, 0) is 48.7 Å². The largest absolute Gasteiger partial charge is 0.487 e. The summed E-state index contributed by atoms with van der Waals surface area (Å²) >= 11 is 0. The number of benzene rings is 4. The fourth-order valence-corrected chi connectivity index (χ4v) is 5.23. The topological polar surface area (TPSA) is 123 Å².